The quantitative estimate of drug-likeness (QED) is 0.587. The van der Waals surface area contributed by atoms with E-state index in [0.29, 0.717) is 16.3 Å². The number of hydrogen-bond donors (Lipinski definition) is 1. The summed E-state index contributed by atoms with van der Waals surface area (Å²) in [7, 11) is 0. The molecule has 1 N–H and O–H groups in total. The summed E-state index contributed by atoms with van der Waals surface area (Å²) in [5, 5.41) is 3.52. The zero-order valence-electron chi connectivity index (χ0n) is 9.88. The Morgan fingerprint density at radius 2 is 2.05 bits per heavy atom. The van der Waals surface area contributed by atoms with Crippen molar-refractivity contribution in [2.75, 3.05) is 5.32 Å². The molecule has 3 nitrogen and oxygen atoms in total. The Morgan fingerprint density at radius 3 is 2.74 bits per heavy atom. The molecule has 19 heavy (non-hydrogen) atoms. The van der Waals surface area contributed by atoms with Gasteiger partial charge in [-0.15, -0.1) is 0 Å². The molecule has 1 aromatic carbocycles. The Hall–Kier alpha value is -0.850. The van der Waals surface area contributed by atoms with Crippen molar-refractivity contribution in [3.05, 3.63) is 55.3 Å². The van der Waals surface area contributed by atoms with E-state index in [4.69, 9.17) is 23.2 Å². The highest BCUT2D eigenvalue weighted by atomic mass is 127. The summed E-state index contributed by atoms with van der Waals surface area (Å²) < 4.78 is 0.895. The molecule has 0 aliphatic rings. The lowest BCUT2D eigenvalue weighted by Crippen LogP contribution is -2.12. The first-order chi connectivity index (χ1) is 8.97. The van der Waals surface area contributed by atoms with E-state index in [0.717, 1.165) is 9.13 Å². The Bertz CT molecular complexity index is 647. The second kappa shape index (κ2) is 6.07. The average molecular weight is 407 g/mol. The van der Waals surface area contributed by atoms with Crippen LogP contribution in [0.1, 0.15) is 15.9 Å². The molecule has 0 unspecified atom stereocenters. The molecular weight excluding hydrogens is 398 g/mol. The molecule has 1 amide bonds. The molecule has 2 aromatic rings. The van der Waals surface area contributed by atoms with Crippen LogP contribution >= 0.6 is 45.8 Å². The standard InChI is InChI=1S/C13H9Cl2IN2O/c1-7-4-11(12(15)17-6-7)18-13(19)8-2-3-10(16)9(14)5-8/h2-6H,1H3,(H,18,19). The second-order valence-electron chi connectivity index (χ2n) is 3.93. The third-order valence-corrected chi connectivity index (χ3v) is 4.28. The molecule has 0 aliphatic carbocycles. The minimum absolute atomic E-state index is 0.260. The first kappa shape index (κ1) is 14.6. The molecule has 2 rings (SSSR count). The highest BCUT2D eigenvalue weighted by Gasteiger charge is 2.10. The van der Waals surface area contributed by atoms with Gasteiger partial charge in [0.05, 0.1) is 10.7 Å². The highest BCUT2D eigenvalue weighted by Crippen LogP contribution is 2.23. The van der Waals surface area contributed by atoms with E-state index in [1.165, 1.54) is 0 Å². The van der Waals surface area contributed by atoms with Crippen LogP contribution in [0.2, 0.25) is 10.2 Å². The fourth-order valence-electron chi connectivity index (χ4n) is 1.47. The third-order valence-electron chi connectivity index (χ3n) is 2.41. The van der Waals surface area contributed by atoms with E-state index in [1.54, 1.807) is 30.5 Å². The summed E-state index contributed by atoms with van der Waals surface area (Å²) in [6, 6.07) is 6.88. The number of halogens is 3. The summed E-state index contributed by atoms with van der Waals surface area (Å²) in [5.41, 5.74) is 1.88. The van der Waals surface area contributed by atoms with Gasteiger partial charge in [-0.25, -0.2) is 4.98 Å². The van der Waals surface area contributed by atoms with Crippen molar-refractivity contribution in [3.8, 4) is 0 Å². The van der Waals surface area contributed by atoms with Gasteiger partial charge in [-0.05, 0) is 59.3 Å². The number of aryl methyl sites for hydroxylation is 1. The van der Waals surface area contributed by atoms with Gasteiger partial charge in [0.1, 0.15) is 0 Å². The van der Waals surface area contributed by atoms with Gasteiger partial charge < -0.3 is 5.32 Å². The van der Waals surface area contributed by atoms with Gasteiger partial charge in [-0.2, -0.15) is 0 Å². The van der Waals surface area contributed by atoms with Gasteiger partial charge in [0, 0.05) is 15.3 Å². The lowest BCUT2D eigenvalue weighted by Gasteiger charge is -2.08. The molecule has 6 heteroatoms. The molecule has 0 atom stereocenters. The van der Waals surface area contributed by atoms with Gasteiger partial charge in [-0.3, -0.25) is 4.79 Å². The van der Waals surface area contributed by atoms with Gasteiger partial charge in [-0.1, -0.05) is 23.2 Å². The van der Waals surface area contributed by atoms with Gasteiger partial charge in [0.25, 0.3) is 5.91 Å². The zero-order chi connectivity index (χ0) is 14.0. The summed E-state index contributed by atoms with van der Waals surface area (Å²) in [6.07, 6.45) is 1.64. The molecule has 0 bridgehead atoms. The van der Waals surface area contributed by atoms with E-state index in [9.17, 15) is 4.79 Å². The zero-order valence-corrected chi connectivity index (χ0v) is 13.5. The number of anilines is 1. The Labute approximate surface area is 134 Å². The smallest absolute Gasteiger partial charge is 0.255 e. The molecule has 0 aliphatic heterocycles. The molecule has 98 valence electrons. The highest BCUT2D eigenvalue weighted by molar-refractivity contribution is 14.1. The number of nitrogens with one attached hydrogen (secondary N) is 1. The van der Waals surface area contributed by atoms with Crippen molar-refractivity contribution >= 4 is 57.4 Å². The number of carbonyl (C=O) groups is 1. The number of aromatic nitrogens is 1. The third kappa shape index (κ3) is 3.58. The van der Waals surface area contributed by atoms with Crippen molar-refractivity contribution in [2.24, 2.45) is 0 Å². The lowest BCUT2D eigenvalue weighted by atomic mass is 10.2. The van der Waals surface area contributed by atoms with E-state index in [2.05, 4.69) is 32.9 Å². The summed E-state index contributed by atoms with van der Waals surface area (Å²) in [4.78, 5) is 16.1. The number of hydrogen-bond acceptors (Lipinski definition) is 2. The number of carbonyl (C=O) groups excluding carboxylic acids is 1. The number of amides is 1. The summed E-state index contributed by atoms with van der Waals surface area (Å²) in [6.45, 7) is 1.88. The van der Waals surface area contributed by atoms with Crippen LogP contribution in [-0.4, -0.2) is 10.9 Å². The molecule has 0 saturated heterocycles. The van der Waals surface area contributed by atoms with Crippen molar-refractivity contribution < 1.29 is 4.79 Å². The minimum atomic E-state index is -0.271. The first-order valence-electron chi connectivity index (χ1n) is 5.36. The first-order valence-corrected chi connectivity index (χ1v) is 7.19. The molecule has 1 aromatic heterocycles. The van der Waals surface area contributed by atoms with Crippen molar-refractivity contribution in [3.63, 3.8) is 0 Å². The van der Waals surface area contributed by atoms with Gasteiger partial charge in [0.2, 0.25) is 0 Å². The number of benzene rings is 1. The fraction of sp³-hybridized carbons (Fsp3) is 0.0769. The Kier molecular flexibility index (Phi) is 4.65. The predicted octanol–water partition coefficient (Wildman–Crippen LogP) is 4.55. The predicted molar refractivity (Wildman–Crippen MR) is 86.1 cm³/mol. The summed E-state index contributed by atoms with van der Waals surface area (Å²) >= 11 is 14.0. The van der Waals surface area contributed by atoms with Crippen molar-refractivity contribution in [1.82, 2.24) is 4.98 Å². The van der Waals surface area contributed by atoms with Gasteiger partial charge >= 0.3 is 0 Å². The lowest BCUT2D eigenvalue weighted by molar-refractivity contribution is 0.102. The SMILES string of the molecule is Cc1cnc(Cl)c(NC(=O)c2ccc(I)c(Cl)c2)c1. The van der Waals surface area contributed by atoms with Crippen LogP contribution in [0, 0.1) is 10.5 Å². The average Bonchev–Trinajstić information content (AvgIpc) is 2.37. The maximum Gasteiger partial charge on any atom is 0.255 e. The number of pyridine rings is 1. The molecule has 1 heterocycles. The van der Waals surface area contributed by atoms with Crippen molar-refractivity contribution in [1.29, 1.82) is 0 Å². The monoisotopic (exact) mass is 406 g/mol. The van der Waals surface area contributed by atoms with E-state index < -0.39 is 0 Å². The summed E-state index contributed by atoms with van der Waals surface area (Å²) in [5.74, 6) is -0.271. The van der Waals surface area contributed by atoms with Crippen LogP contribution in [-0.2, 0) is 0 Å². The van der Waals surface area contributed by atoms with Crippen LogP contribution in [0.5, 0.6) is 0 Å². The Morgan fingerprint density at radius 1 is 1.32 bits per heavy atom. The molecular formula is C13H9Cl2IN2O. The second-order valence-corrected chi connectivity index (χ2v) is 5.86. The van der Waals surface area contributed by atoms with Gasteiger partial charge in [0.15, 0.2) is 5.15 Å². The number of nitrogens with zero attached hydrogens (tertiary/aromatic N) is 1. The maximum absolute atomic E-state index is 12.1. The topological polar surface area (TPSA) is 42.0 Å². The largest absolute Gasteiger partial charge is 0.319 e. The normalized spacial score (nSPS) is 10.3. The van der Waals surface area contributed by atoms with Crippen molar-refractivity contribution in [2.45, 2.75) is 6.92 Å². The Balaban J connectivity index is 2.25. The molecule has 0 spiro atoms. The minimum Gasteiger partial charge on any atom is -0.319 e. The maximum atomic E-state index is 12.1. The number of rotatable bonds is 2. The fourth-order valence-corrected chi connectivity index (χ4v) is 2.14. The van der Waals surface area contributed by atoms with E-state index in [-0.39, 0.29) is 11.1 Å². The molecule has 0 radical (unpaired) electrons. The van der Waals surface area contributed by atoms with Crippen LogP contribution in [0.4, 0.5) is 5.69 Å². The van der Waals surface area contributed by atoms with E-state index in [1.807, 2.05) is 6.92 Å². The molecule has 0 fully saturated rings. The molecule has 0 saturated carbocycles. The van der Waals surface area contributed by atoms with Crippen LogP contribution < -0.4 is 5.32 Å². The van der Waals surface area contributed by atoms with Crippen LogP contribution in [0.25, 0.3) is 0 Å². The van der Waals surface area contributed by atoms with E-state index >= 15 is 0 Å². The van der Waals surface area contributed by atoms with Crippen LogP contribution in [0.3, 0.4) is 0 Å². The van der Waals surface area contributed by atoms with Crippen LogP contribution in [0.15, 0.2) is 30.5 Å².